The van der Waals surface area contributed by atoms with E-state index in [0.717, 1.165) is 18.0 Å². The molecule has 0 spiro atoms. The summed E-state index contributed by atoms with van der Waals surface area (Å²) in [6, 6.07) is 6.88. The summed E-state index contributed by atoms with van der Waals surface area (Å²) in [6.45, 7) is 1.25. The van der Waals surface area contributed by atoms with Crippen LogP contribution >= 0.6 is 0 Å². The molecule has 0 bridgehead atoms. The van der Waals surface area contributed by atoms with E-state index in [2.05, 4.69) is 0 Å². The zero-order valence-corrected chi connectivity index (χ0v) is 9.91. The zero-order valence-electron chi connectivity index (χ0n) is 9.91. The number of benzene rings is 1. The van der Waals surface area contributed by atoms with E-state index in [9.17, 15) is 10.1 Å². The van der Waals surface area contributed by atoms with Gasteiger partial charge in [-0.15, -0.1) is 0 Å². The molecule has 1 aliphatic rings. The molecule has 1 aliphatic carbocycles. The molecule has 0 N–H and O–H groups in total. The number of hydrogen-bond donors (Lipinski definition) is 0. The van der Waals surface area contributed by atoms with Gasteiger partial charge in [-0.3, -0.25) is 10.1 Å². The monoisotopic (exact) mass is 246 g/mol. The number of non-ortho nitro benzene ring substituents is 1. The largest absolute Gasteiger partial charge is 0.360 e. The number of aromatic nitrogens is 1. The molecule has 0 saturated heterocycles. The van der Waals surface area contributed by atoms with Crippen molar-refractivity contribution in [2.24, 2.45) is 5.92 Å². The van der Waals surface area contributed by atoms with Crippen LogP contribution in [0.15, 0.2) is 30.5 Å². The van der Waals surface area contributed by atoms with Gasteiger partial charge in [-0.2, -0.15) is 0 Å². The van der Waals surface area contributed by atoms with E-state index in [1.165, 1.54) is 18.9 Å². The molecule has 18 heavy (non-hydrogen) atoms. The zero-order chi connectivity index (χ0) is 12.5. The summed E-state index contributed by atoms with van der Waals surface area (Å²) >= 11 is 0. The number of ether oxygens (including phenoxy) is 1. The average molecular weight is 246 g/mol. The number of nitro benzene ring substituents is 1. The molecule has 3 rings (SSSR count). The van der Waals surface area contributed by atoms with E-state index < -0.39 is 0 Å². The first-order valence-electron chi connectivity index (χ1n) is 6.05. The van der Waals surface area contributed by atoms with Crippen molar-refractivity contribution in [2.45, 2.75) is 19.6 Å². The highest BCUT2D eigenvalue weighted by Crippen LogP contribution is 2.29. The Morgan fingerprint density at radius 3 is 2.94 bits per heavy atom. The molecular weight excluding hydrogens is 232 g/mol. The van der Waals surface area contributed by atoms with Crippen molar-refractivity contribution < 1.29 is 9.66 Å². The maximum absolute atomic E-state index is 10.9. The van der Waals surface area contributed by atoms with Crippen molar-refractivity contribution >= 4 is 16.6 Å². The van der Waals surface area contributed by atoms with E-state index >= 15 is 0 Å². The summed E-state index contributed by atoms with van der Waals surface area (Å²) in [5.41, 5.74) is 0.994. The molecule has 0 atom stereocenters. The number of nitrogens with zero attached hydrogens (tertiary/aromatic N) is 2. The Labute approximate surface area is 104 Å². The minimum atomic E-state index is -0.349. The second kappa shape index (κ2) is 4.42. The van der Waals surface area contributed by atoms with Crippen LogP contribution in [0.4, 0.5) is 5.69 Å². The fourth-order valence-electron chi connectivity index (χ4n) is 2.08. The van der Waals surface area contributed by atoms with Gasteiger partial charge in [0.2, 0.25) is 0 Å². The number of hydrogen-bond acceptors (Lipinski definition) is 3. The van der Waals surface area contributed by atoms with Gasteiger partial charge in [-0.1, -0.05) is 6.07 Å². The van der Waals surface area contributed by atoms with Gasteiger partial charge in [0.25, 0.3) is 5.69 Å². The molecule has 94 valence electrons. The summed E-state index contributed by atoms with van der Waals surface area (Å²) < 4.78 is 7.51. The first-order chi connectivity index (χ1) is 8.75. The van der Waals surface area contributed by atoms with Crippen molar-refractivity contribution in [1.29, 1.82) is 0 Å². The Kier molecular flexibility index (Phi) is 2.76. The quantitative estimate of drug-likeness (QED) is 0.602. The summed E-state index contributed by atoms with van der Waals surface area (Å²) in [4.78, 5) is 10.6. The van der Waals surface area contributed by atoms with Crippen LogP contribution in [0.1, 0.15) is 12.8 Å². The predicted octanol–water partition coefficient (Wildman–Crippen LogP) is 2.93. The van der Waals surface area contributed by atoms with Gasteiger partial charge in [0, 0.05) is 12.3 Å². The first-order valence-corrected chi connectivity index (χ1v) is 6.05. The Morgan fingerprint density at radius 1 is 1.39 bits per heavy atom. The first kappa shape index (κ1) is 11.2. The normalized spacial score (nSPS) is 15.1. The van der Waals surface area contributed by atoms with Gasteiger partial charge >= 0.3 is 0 Å². The SMILES string of the molecule is O=[N+]([O-])c1cccc2c1ccn2COCC1CC1. The van der Waals surface area contributed by atoms with Crippen LogP contribution in [-0.4, -0.2) is 16.1 Å². The van der Waals surface area contributed by atoms with E-state index in [-0.39, 0.29) is 10.6 Å². The second-order valence-electron chi connectivity index (χ2n) is 4.70. The van der Waals surface area contributed by atoms with E-state index in [1.54, 1.807) is 12.1 Å². The molecule has 2 aromatic rings. The maximum atomic E-state index is 10.9. The predicted molar refractivity (Wildman–Crippen MR) is 67.3 cm³/mol. The third kappa shape index (κ3) is 2.09. The molecule has 0 amide bonds. The standard InChI is InChI=1S/C13H14N2O3/c16-15(17)13-3-1-2-12-11(13)6-7-14(12)9-18-8-10-4-5-10/h1-3,6-7,10H,4-5,8-9H2. The highest BCUT2D eigenvalue weighted by atomic mass is 16.6. The van der Waals surface area contributed by atoms with Crippen molar-refractivity contribution in [3.63, 3.8) is 0 Å². The highest BCUT2D eigenvalue weighted by molar-refractivity contribution is 5.89. The Hall–Kier alpha value is -1.88. The molecule has 0 unspecified atom stereocenters. The molecule has 1 aromatic heterocycles. The molecule has 5 nitrogen and oxygen atoms in total. The van der Waals surface area contributed by atoms with Crippen molar-refractivity contribution in [2.75, 3.05) is 6.61 Å². The fourth-order valence-corrected chi connectivity index (χ4v) is 2.08. The summed E-state index contributed by atoms with van der Waals surface area (Å²) in [6.07, 6.45) is 4.36. The van der Waals surface area contributed by atoms with Crippen molar-refractivity contribution in [3.8, 4) is 0 Å². The van der Waals surface area contributed by atoms with Gasteiger partial charge in [0.1, 0.15) is 6.73 Å². The Bertz CT molecular complexity index is 587. The van der Waals surface area contributed by atoms with Gasteiger partial charge < -0.3 is 9.30 Å². The van der Waals surface area contributed by atoms with Gasteiger partial charge in [0.15, 0.2) is 0 Å². The lowest BCUT2D eigenvalue weighted by Gasteiger charge is -2.06. The molecule has 1 fully saturated rings. The Balaban J connectivity index is 1.83. The third-order valence-corrected chi connectivity index (χ3v) is 3.27. The summed E-state index contributed by atoms with van der Waals surface area (Å²) in [7, 11) is 0. The molecule has 1 aromatic carbocycles. The molecule has 1 saturated carbocycles. The molecule has 0 radical (unpaired) electrons. The van der Waals surface area contributed by atoms with Crippen LogP contribution in [0.2, 0.25) is 0 Å². The topological polar surface area (TPSA) is 57.3 Å². The van der Waals surface area contributed by atoms with Crippen LogP contribution in [0.25, 0.3) is 10.9 Å². The van der Waals surface area contributed by atoms with E-state index in [1.807, 2.05) is 16.8 Å². The van der Waals surface area contributed by atoms with Crippen LogP contribution in [0, 0.1) is 16.0 Å². The minimum absolute atomic E-state index is 0.147. The van der Waals surface area contributed by atoms with Gasteiger partial charge in [-0.05, 0) is 30.9 Å². The average Bonchev–Trinajstić information content (AvgIpc) is 3.09. The second-order valence-corrected chi connectivity index (χ2v) is 4.70. The molecule has 0 aliphatic heterocycles. The number of rotatable bonds is 5. The summed E-state index contributed by atoms with van der Waals surface area (Å²) in [5.74, 6) is 0.723. The number of fused-ring (bicyclic) bond motifs is 1. The smallest absolute Gasteiger partial charge is 0.278 e. The van der Waals surface area contributed by atoms with E-state index in [4.69, 9.17) is 4.74 Å². The van der Waals surface area contributed by atoms with Gasteiger partial charge in [0.05, 0.1) is 22.4 Å². The maximum Gasteiger partial charge on any atom is 0.278 e. The molecular formula is C13H14N2O3. The highest BCUT2D eigenvalue weighted by Gasteiger charge is 2.21. The lowest BCUT2D eigenvalue weighted by atomic mass is 10.2. The van der Waals surface area contributed by atoms with Crippen LogP contribution in [-0.2, 0) is 11.5 Å². The van der Waals surface area contributed by atoms with Crippen LogP contribution < -0.4 is 0 Å². The third-order valence-electron chi connectivity index (χ3n) is 3.27. The van der Waals surface area contributed by atoms with Crippen molar-refractivity contribution in [3.05, 3.63) is 40.6 Å². The van der Waals surface area contributed by atoms with Crippen LogP contribution in [0.5, 0.6) is 0 Å². The van der Waals surface area contributed by atoms with E-state index in [0.29, 0.717) is 12.1 Å². The lowest BCUT2D eigenvalue weighted by molar-refractivity contribution is -0.383. The molecule has 1 heterocycles. The summed E-state index contributed by atoms with van der Waals surface area (Å²) in [5, 5.41) is 11.6. The number of nitro groups is 1. The van der Waals surface area contributed by atoms with Gasteiger partial charge in [-0.25, -0.2) is 0 Å². The van der Waals surface area contributed by atoms with Crippen LogP contribution in [0.3, 0.4) is 0 Å². The minimum Gasteiger partial charge on any atom is -0.360 e. The van der Waals surface area contributed by atoms with Crippen molar-refractivity contribution in [1.82, 2.24) is 4.57 Å². The molecule has 5 heteroatoms. The lowest BCUT2D eigenvalue weighted by Crippen LogP contribution is -2.03. The Morgan fingerprint density at radius 2 is 2.22 bits per heavy atom. The fraction of sp³-hybridized carbons (Fsp3) is 0.385.